The molecule has 7 heteroatoms. The number of aliphatic hydroxyl groups excluding tert-OH is 1. The van der Waals surface area contributed by atoms with Crippen molar-refractivity contribution in [3.05, 3.63) is 76.6 Å². The topological polar surface area (TPSA) is 37.3 Å². The zero-order valence-corrected chi connectivity index (χ0v) is 10.7. The minimum atomic E-state index is -2.36. The zero-order valence-electron chi connectivity index (χ0n) is 10.7. The van der Waals surface area contributed by atoms with E-state index >= 15 is 0 Å². The average molecular weight is 314 g/mol. The van der Waals surface area contributed by atoms with Crippen LogP contribution in [0.3, 0.4) is 0 Å². The van der Waals surface area contributed by atoms with E-state index in [0.29, 0.717) is 6.08 Å². The second-order valence-corrected chi connectivity index (χ2v) is 4.20. The number of carbonyl (C=O) groups is 1. The van der Waals surface area contributed by atoms with Crippen molar-refractivity contribution in [2.75, 3.05) is 0 Å². The highest BCUT2D eigenvalue weighted by molar-refractivity contribution is 6.08. The summed E-state index contributed by atoms with van der Waals surface area (Å²) in [5.41, 5.74) is -1.49. The molecule has 0 heterocycles. The molecular formula is C15H7F5O2. The predicted octanol–water partition coefficient (Wildman–Crippen LogP) is 4.16. The number of ketones is 1. The number of hydrogen-bond donors (Lipinski definition) is 1. The van der Waals surface area contributed by atoms with Gasteiger partial charge in [0.25, 0.3) is 0 Å². The first-order valence-electron chi connectivity index (χ1n) is 5.86. The lowest BCUT2D eigenvalue weighted by atomic mass is 10.1. The fourth-order valence-corrected chi connectivity index (χ4v) is 1.71. The molecule has 2 nitrogen and oxygen atoms in total. The van der Waals surface area contributed by atoms with E-state index in [2.05, 4.69) is 0 Å². The van der Waals surface area contributed by atoms with Crippen LogP contribution < -0.4 is 0 Å². The first-order valence-corrected chi connectivity index (χ1v) is 5.86. The van der Waals surface area contributed by atoms with Crippen molar-refractivity contribution in [1.29, 1.82) is 0 Å². The Morgan fingerprint density at radius 2 is 1.27 bits per heavy atom. The van der Waals surface area contributed by atoms with Crippen molar-refractivity contribution < 1.29 is 31.9 Å². The summed E-state index contributed by atoms with van der Waals surface area (Å²) < 4.78 is 65.8. The van der Waals surface area contributed by atoms with E-state index in [9.17, 15) is 31.9 Å². The highest BCUT2D eigenvalue weighted by atomic mass is 19.2. The molecule has 22 heavy (non-hydrogen) atoms. The van der Waals surface area contributed by atoms with Crippen LogP contribution in [0.5, 0.6) is 0 Å². The van der Waals surface area contributed by atoms with Gasteiger partial charge in [-0.1, -0.05) is 30.3 Å². The molecule has 0 saturated carbocycles. The van der Waals surface area contributed by atoms with Gasteiger partial charge < -0.3 is 5.11 Å². The molecule has 114 valence electrons. The molecule has 0 radical (unpaired) electrons. The Balaban J connectivity index is 2.52. The predicted molar refractivity (Wildman–Crippen MR) is 67.6 cm³/mol. The number of halogens is 5. The Bertz CT molecular complexity index is 740. The third kappa shape index (κ3) is 2.69. The maximum Gasteiger partial charge on any atom is 0.200 e. The molecule has 0 fully saturated rings. The van der Waals surface area contributed by atoms with Crippen molar-refractivity contribution >= 4 is 11.5 Å². The molecule has 1 N–H and O–H groups in total. The highest BCUT2D eigenvalue weighted by Crippen LogP contribution is 2.24. The lowest BCUT2D eigenvalue weighted by Gasteiger charge is -2.06. The molecule has 0 bridgehead atoms. The number of hydrogen-bond acceptors (Lipinski definition) is 2. The summed E-state index contributed by atoms with van der Waals surface area (Å²) in [5.74, 6) is -13.5. The van der Waals surface area contributed by atoms with Crippen LogP contribution in [0.2, 0.25) is 0 Å². The Kier molecular flexibility index (Phi) is 4.25. The third-order valence-electron chi connectivity index (χ3n) is 2.79. The highest BCUT2D eigenvalue weighted by Gasteiger charge is 2.29. The Morgan fingerprint density at radius 3 is 1.77 bits per heavy atom. The summed E-state index contributed by atoms with van der Waals surface area (Å²) in [5, 5.41) is 9.66. The van der Waals surface area contributed by atoms with Crippen LogP contribution in [0, 0.1) is 29.1 Å². The second kappa shape index (κ2) is 5.97. The van der Waals surface area contributed by atoms with Gasteiger partial charge in [-0.25, -0.2) is 22.0 Å². The standard InChI is InChI=1S/C15H7F5O2/c16-11-10(12(17)14(19)15(20)13(11)18)9(22)6-8(21)7-4-2-1-3-5-7/h1-6,21H/b8-6-. The molecule has 2 aromatic rings. The molecule has 0 atom stereocenters. The van der Waals surface area contributed by atoms with Crippen molar-refractivity contribution in [3.8, 4) is 0 Å². The summed E-state index contributed by atoms with van der Waals surface area (Å²) in [6.07, 6.45) is 0.383. The lowest BCUT2D eigenvalue weighted by molar-refractivity contribution is 0.103. The van der Waals surface area contributed by atoms with Gasteiger partial charge in [-0.05, 0) is 0 Å². The molecular weight excluding hydrogens is 307 g/mol. The van der Waals surface area contributed by atoms with E-state index in [1.807, 2.05) is 0 Å². The van der Waals surface area contributed by atoms with Crippen LogP contribution >= 0.6 is 0 Å². The van der Waals surface area contributed by atoms with Crippen LogP contribution in [-0.2, 0) is 0 Å². The van der Waals surface area contributed by atoms with E-state index in [-0.39, 0.29) is 5.56 Å². The number of rotatable bonds is 3. The van der Waals surface area contributed by atoms with E-state index in [1.165, 1.54) is 24.3 Å². The van der Waals surface area contributed by atoms with Gasteiger partial charge in [-0.2, -0.15) is 0 Å². The first kappa shape index (κ1) is 15.7. The molecule has 0 spiro atoms. The van der Waals surface area contributed by atoms with Crippen LogP contribution in [0.1, 0.15) is 15.9 Å². The number of allylic oxidation sites excluding steroid dienone is 1. The molecule has 0 saturated heterocycles. The summed E-state index contributed by atoms with van der Waals surface area (Å²) >= 11 is 0. The molecule has 0 aliphatic carbocycles. The van der Waals surface area contributed by atoms with E-state index in [0.717, 1.165) is 0 Å². The molecule has 0 aromatic heterocycles. The van der Waals surface area contributed by atoms with Crippen LogP contribution in [0.15, 0.2) is 36.4 Å². The second-order valence-electron chi connectivity index (χ2n) is 4.20. The SMILES string of the molecule is O=C(/C=C(\O)c1ccccc1)c1c(F)c(F)c(F)c(F)c1F. The molecule has 2 rings (SSSR count). The summed E-state index contributed by atoms with van der Waals surface area (Å²) in [4.78, 5) is 11.7. The monoisotopic (exact) mass is 314 g/mol. The van der Waals surface area contributed by atoms with Crippen molar-refractivity contribution in [1.82, 2.24) is 0 Å². The molecule has 2 aromatic carbocycles. The number of carbonyl (C=O) groups excluding carboxylic acids is 1. The van der Waals surface area contributed by atoms with Gasteiger partial charge in [0.05, 0.1) is 5.56 Å². The molecule has 0 amide bonds. The fourth-order valence-electron chi connectivity index (χ4n) is 1.71. The minimum absolute atomic E-state index is 0.139. The van der Waals surface area contributed by atoms with Crippen LogP contribution in [0.4, 0.5) is 22.0 Å². The molecule has 0 aliphatic rings. The Morgan fingerprint density at radius 1 is 0.818 bits per heavy atom. The van der Waals surface area contributed by atoms with Gasteiger partial charge in [0.15, 0.2) is 29.1 Å². The average Bonchev–Trinajstić information content (AvgIpc) is 2.52. The largest absolute Gasteiger partial charge is 0.507 e. The maximum absolute atomic E-state index is 13.5. The van der Waals surface area contributed by atoms with Crippen molar-refractivity contribution in [3.63, 3.8) is 0 Å². The van der Waals surface area contributed by atoms with E-state index < -0.39 is 46.2 Å². The Labute approximate surface area is 121 Å². The van der Waals surface area contributed by atoms with E-state index in [1.54, 1.807) is 6.07 Å². The number of aliphatic hydroxyl groups is 1. The van der Waals surface area contributed by atoms with Gasteiger partial charge in [-0.3, -0.25) is 4.79 Å². The van der Waals surface area contributed by atoms with Gasteiger partial charge in [-0.15, -0.1) is 0 Å². The van der Waals surface area contributed by atoms with Crippen LogP contribution in [0.25, 0.3) is 5.76 Å². The van der Waals surface area contributed by atoms with Crippen molar-refractivity contribution in [2.24, 2.45) is 0 Å². The Hall–Kier alpha value is -2.70. The van der Waals surface area contributed by atoms with Gasteiger partial charge in [0, 0.05) is 11.6 Å². The van der Waals surface area contributed by atoms with Crippen LogP contribution in [-0.4, -0.2) is 10.9 Å². The molecule has 0 aliphatic heterocycles. The summed E-state index contributed by atoms with van der Waals surface area (Å²) in [6.45, 7) is 0. The van der Waals surface area contributed by atoms with Gasteiger partial charge >= 0.3 is 0 Å². The van der Waals surface area contributed by atoms with E-state index in [4.69, 9.17) is 0 Å². The third-order valence-corrected chi connectivity index (χ3v) is 2.79. The number of benzene rings is 2. The summed E-state index contributed by atoms with van der Waals surface area (Å²) in [7, 11) is 0. The first-order chi connectivity index (χ1) is 10.3. The van der Waals surface area contributed by atoms with Gasteiger partial charge in [0.2, 0.25) is 5.82 Å². The lowest BCUT2D eigenvalue weighted by Crippen LogP contribution is -2.11. The normalized spacial score (nSPS) is 11.6. The minimum Gasteiger partial charge on any atom is -0.507 e. The maximum atomic E-state index is 13.5. The smallest absolute Gasteiger partial charge is 0.200 e. The van der Waals surface area contributed by atoms with Crippen molar-refractivity contribution in [2.45, 2.75) is 0 Å². The summed E-state index contributed by atoms with van der Waals surface area (Å²) in [6, 6.07) is 7.42. The fraction of sp³-hybridized carbons (Fsp3) is 0. The quantitative estimate of drug-likeness (QED) is 0.231. The van der Waals surface area contributed by atoms with Gasteiger partial charge in [0.1, 0.15) is 5.76 Å². The molecule has 0 unspecified atom stereocenters. The zero-order chi connectivity index (χ0) is 16.4.